The van der Waals surface area contributed by atoms with Gasteiger partial charge in [-0.15, -0.1) is 0 Å². The number of pyridine rings is 2. The molecule has 3 aromatic heterocycles. The molecule has 5 heteroatoms. The van der Waals surface area contributed by atoms with Gasteiger partial charge in [0.2, 0.25) is 5.88 Å². The fourth-order valence-electron chi connectivity index (χ4n) is 3.17. The summed E-state index contributed by atoms with van der Waals surface area (Å²) in [6.07, 6.45) is 3.77. The van der Waals surface area contributed by atoms with E-state index in [-0.39, 0.29) is 6.04 Å². The van der Waals surface area contributed by atoms with Gasteiger partial charge in [0, 0.05) is 37.1 Å². The van der Waals surface area contributed by atoms with Gasteiger partial charge in [-0.3, -0.25) is 0 Å². The van der Waals surface area contributed by atoms with Crippen LogP contribution in [0.15, 0.2) is 67.0 Å². The van der Waals surface area contributed by atoms with Crippen LogP contribution in [0.2, 0.25) is 0 Å². The van der Waals surface area contributed by atoms with Crippen molar-refractivity contribution < 1.29 is 4.74 Å². The molecule has 1 atom stereocenters. The van der Waals surface area contributed by atoms with Crippen LogP contribution in [0.5, 0.6) is 5.88 Å². The lowest BCUT2D eigenvalue weighted by Crippen LogP contribution is -2.09. The van der Waals surface area contributed by atoms with E-state index in [1.165, 1.54) is 0 Å². The first-order valence-corrected chi connectivity index (χ1v) is 8.96. The summed E-state index contributed by atoms with van der Waals surface area (Å²) >= 11 is 0. The third-order valence-electron chi connectivity index (χ3n) is 4.60. The summed E-state index contributed by atoms with van der Waals surface area (Å²) in [6.45, 7) is 2.43. The minimum Gasteiger partial charge on any atom is -0.473 e. The Hall–Kier alpha value is -3.18. The van der Waals surface area contributed by atoms with Crippen LogP contribution < -0.4 is 10.5 Å². The van der Waals surface area contributed by atoms with Crippen LogP contribution in [0, 0.1) is 0 Å². The lowest BCUT2D eigenvalue weighted by atomic mass is 10.0. The predicted molar refractivity (Wildman–Crippen MR) is 107 cm³/mol. The Balaban J connectivity index is 1.70. The highest BCUT2D eigenvalue weighted by molar-refractivity contribution is 5.83. The second-order valence-corrected chi connectivity index (χ2v) is 6.70. The summed E-state index contributed by atoms with van der Waals surface area (Å²) in [6, 6.07) is 17.9. The highest BCUT2D eigenvalue weighted by Gasteiger charge is 2.15. The first-order valence-electron chi connectivity index (χ1n) is 8.96. The zero-order valence-electron chi connectivity index (χ0n) is 15.5. The molecule has 0 radical (unpaired) electrons. The quantitative estimate of drug-likeness (QED) is 0.580. The van der Waals surface area contributed by atoms with E-state index in [9.17, 15) is 0 Å². The number of ether oxygens (including phenoxy) is 1. The van der Waals surface area contributed by atoms with Crippen molar-refractivity contribution in [2.75, 3.05) is 0 Å². The number of benzene rings is 1. The van der Waals surface area contributed by atoms with Crippen LogP contribution in [-0.2, 0) is 13.7 Å². The van der Waals surface area contributed by atoms with Gasteiger partial charge >= 0.3 is 0 Å². The van der Waals surface area contributed by atoms with Crippen molar-refractivity contribution in [2.24, 2.45) is 12.8 Å². The number of nitrogens with zero attached hydrogens (tertiary/aromatic N) is 3. The molecule has 0 unspecified atom stereocenters. The minimum absolute atomic E-state index is 0.175. The van der Waals surface area contributed by atoms with Gasteiger partial charge in [-0.2, -0.15) is 0 Å². The molecule has 0 aliphatic heterocycles. The second kappa shape index (κ2) is 7.21. The summed E-state index contributed by atoms with van der Waals surface area (Å²) in [7, 11) is 2.01. The monoisotopic (exact) mass is 358 g/mol. The summed E-state index contributed by atoms with van der Waals surface area (Å²) in [5, 5.41) is 0. The predicted octanol–water partition coefficient (Wildman–Crippen LogP) is 4.23. The fraction of sp³-hybridized carbons (Fsp3) is 0.182. The van der Waals surface area contributed by atoms with Crippen molar-refractivity contribution in [3.05, 3.63) is 78.2 Å². The summed E-state index contributed by atoms with van der Waals surface area (Å²) in [5.74, 6) is 0.582. The smallest absolute Gasteiger partial charge is 0.214 e. The highest BCUT2D eigenvalue weighted by Crippen LogP contribution is 2.31. The molecular weight excluding hydrogens is 336 g/mol. The Morgan fingerprint density at radius 1 is 1.11 bits per heavy atom. The highest BCUT2D eigenvalue weighted by atomic mass is 16.5. The molecule has 5 nitrogen and oxygen atoms in total. The SMILES string of the molecule is C[C@H](N)c1nc2ccn(C)c2cc1-c1ccnc(OCc2ccccc2)c1. The largest absolute Gasteiger partial charge is 0.473 e. The fourth-order valence-corrected chi connectivity index (χ4v) is 3.17. The van der Waals surface area contributed by atoms with Gasteiger partial charge in [0.25, 0.3) is 0 Å². The van der Waals surface area contributed by atoms with E-state index in [1.807, 2.05) is 68.7 Å². The molecule has 2 N–H and O–H groups in total. The average molecular weight is 358 g/mol. The van der Waals surface area contributed by atoms with Gasteiger partial charge in [0.1, 0.15) is 6.61 Å². The van der Waals surface area contributed by atoms with E-state index in [4.69, 9.17) is 15.5 Å². The van der Waals surface area contributed by atoms with Crippen molar-refractivity contribution in [1.82, 2.24) is 14.5 Å². The Morgan fingerprint density at radius 2 is 1.93 bits per heavy atom. The number of rotatable bonds is 5. The maximum atomic E-state index is 6.21. The zero-order valence-corrected chi connectivity index (χ0v) is 15.5. The van der Waals surface area contributed by atoms with Gasteiger partial charge in [-0.1, -0.05) is 30.3 Å². The van der Waals surface area contributed by atoms with Crippen molar-refractivity contribution in [1.29, 1.82) is 0 Å². The van der Waals surface area contributed by atoms with Crippen LogP contribution in [0.3, 0.4) is 0 Å². The summed E-state index contributed by atoms with van der Waals surface area (Å²) in [4.78, 5) is 9.13. The molecule has 0 fully saturated rings. The molecule has 0 saturated carbocycles. The van der Waals surface area contributed by atoms with Gasteiger partial charge in [-0.25, -0.2) is 9.97 Å². The van der Waals surface area contributed by atoms with E-state index in [1.54, 1.807) is 6.20 Å². The van der Waals surface area contributed by atoms with E-state index in [0.29, 0.717) is 12.5 Å². The lowest BCUT2D eigenvalue weighted by Gasteiger charge is -2.14. The molecule has 0 spiro atoms. The second-order valence-electron chi connectivity index (χ2n) is 6.70. The van der Waals surface area contributed by atoms with Crippen LogP contribution in [0.25, 0.3) is 22.2 Å². The third kappa shape index (κ3) is 3.55. The summed E-state index contributed by atoms with van der Waals surface area (Å²) in [5.41, 5.74) is 12.2. The molecule has 4 rings (SSSR count). The molecule has 3 heterocycles. The van der Waals surface area contributed by atoms with E-state index in [0.717, 1.165) is 33.4 Å². The molecule has 27 heavy (non-hydrogen) atoms. The number of hydrogen-bond acceptors (Lipinski definition) is 4. The van der Waals surface area contributed by atoms with Gasteiger partial charge < -0.3 is 15.0 Å². The zero-order chi connectivity index (χ0) is 18.8. The van der Waals surface area contributed by atoms with Gasteiger partial charge in [0.05, 0.1) is 16.7 Å². The van der Waals surface area contributed by atoms with E-state index < -0.39 is 0 Å². The minimum atomic E-state index is -0.175. The summed E-state index contributed by atoms with van der Waals surface area (Å²) < 4.78 is 7.94. The van der Waals surface area contributed by atoms with Crippen LogP contribution in [-0.4, -0.2) is 14.5 Å². The van der Waals surface area contributed by atoms with Crippen molar-refractivity contribution in [2.45, 2.75) is 19.6 Å². The molecular formula is C22H22N4O. The molecule has 4 aromatic rings. The number of aromatic nitrogens is 3. The molecule has 0 aliphatic carbocycles. The number of aryl methyl sites for hydroxylation is 1. The standard InChI is InChI=1S/C22H22N4O/c1-15(23)22-18(13-20-19(25-22)9-11-26(20)2)17-8-10-24-21(12-17)27-14-16-6-4-3-5-7-16/h3-13,15H,14,23H2,1-2H3/t15-/m0/s1. The van der Waals surface area contributed by atoms with Crippen molar-refractivity contribution in [3.63, 3.8) is 0 Å². The number of hydrogen-bond donors (Lipinski definition) is 1. The Labute approximate surface area is 158 Å². The van der Waals surface area contributed by atoms with Crippen LogP contribution in [0.1, 0.15) is 24.2 Å². The van der Waals surface area contributed by atoms with Gasteiger partial charge in [-0.05, 0) is 36.2 Å². The normalized spacial score (nSPS) is 12.3. The average Bonchev–Trinajstić information content (AvgIpc) is 3.06. The molecule has 136 valence electrons. The van der Waals surface area contributed by atoms with E-state index >= 15 is 0 Å². The maximum Gasteiger partial charge on any atom is 0.214 e. The van der Waals surface area contributed by atoms with Crippen molar-refractivity contribution >= 4 is 11.0 Å². The van der Waals surface area contributed by atoms with Crippen molar-refractivity contribution in [3.8, 4) is 17.0 Å². The molecule has 0 aliphatic rings. The molecule has 0 saturated heterocycles. The van der Waals surface area contributed by atoms with Crippen LogP contribution in [0.4, 0.5) is 0 Å². The third-order valence-corrected chi connectivity index (χ3v) is 4.60. The number of fused-ring (bicyclic) bond motifs is 1. The topological polar surface area (TPSA) is 66.0 Å². The Kier molecular flexibility index (Phi) is 4.60. The molecule has 0 bridgehead atoms. The first-order chi connectivity index (χ1) is 13.1. The first kappa shape index (κ1) is 17.2. The van der Waals surface area contributed by atoms with Crippen LogP contribution >= 0.6 is 0 Å². The lowest BCUT2D eigenvalue weighted by molar-refractivity contribution is 0.294. The maximum absolute atomic E-state index is 6.21. The molecule has 0 amide bonds. The number of nitrogens with two attached hydrogens (primary N) is 1. The Morgan fingerprint density at radius 3 is 2.70 bits per heavy atom. The van der Waals surface area contributed by atoms with E-state index in [2.05, 4.69) is 15.6 Å². The van der Waals surface area contributed by atoms with Gasteiger partial charge in [0.15, 0.2) is 0 Å². The Bertz CT molecular complexity index is 1070. The molecule has 1 aromatic carbocycles.